The average molecular weight is 450 g/mol. The number of unbranched alkanes of at least 4 members (excludes halogenated alkanes) is 6. The summed E-state index contributed by atoms with van der Waals surface area (Å²) in [5.74, 6) is 0.499. The molecule has 0 bridgehead atoms. The summed E-state index contributed by atoms with van der Waals surface area (Å²) in [6.45, 7) is 4.79. The average Bonchev–Trinajstić information content (AvgIpc) is 3.18. The van der Waals surface area contributed by atoms with E-state index in [9.17, 15) is 14.4 Å². The molecule has 0 saturated heterocycles. The monoisotopic (exact) mass is 449 g/mol. The molecule has 9 nitrogen and oxygen atoms in total. The lowest BCUT2D eigenvalue weighted by Gasteiger charge is -2.27. The zero-order chi connectivity index (χ0) is 23.3. The molecule has 4 N–H and O–H groups in total. The fraction of sp³-hybridized carbons (Fsp3) is 0.739. The standard InChI is InChI=1S/C23H39N5O4/c1-3-5-7-9-12-17(29)13-11-15-32-22(18(30)14-10-8-6-4-2)28-16-25-19-20(28)26-23(24)27-21(19)31/h22,25H,3-16H2,1-2H3,(H3,24,26,27,31). The van der Waals surface area contributed by atoms with Crippen molar-refractivity contribution >= 4 is 29.0 Å². The summed E-state index contributed by atoms with van der Waals surface area (Å²) < 4.78 is 5.97. The molecule has 0 saturated carbocycles. The van der Waals surface area contributed by atoms with Gasteiger partial charge in [0.25, 0.3) is 5.56 Å². The van der Waals surface area contributed by atoms with Crippen LogP contribution in [-0.2, 0) is 14.3 Å². The lowest BCUT2D eigenvalue weighted by molar-refractivity contribution is -0.130. The molecule has 2 heterocycles. The van der Waals surface area contributed by atoms with Gasteiger partial charge in [-0.15, -0.1) is 0 Å². The first-order chi connectivity index (χ1) is 15.5. The second-order valence-corrected chi connectivity index (χ2v) is 8.41. The summed E-state index contributed by atoms with van der Waals surface area (Å²) in [5.41, 5.74) is 5.62. The molecule has 1 aliphatic heterocycles. The third kappa shape index (κ3) is 7.93. The highest BCUT2D eigenvalue weighted by atomic mass is 16.5. The number of nitrogen functional groups attached to an aromatic ring is 1. The summed E-state index contributed by atoms with van der Waals surface area (Å²) in [4.78, 5) is 45.5. The van der Waals surface area contributed by atoms with E-state index < -0.39 is 6.23 Å². The van der Waals surface area contributed by atoms with Crippen LogP contribution in [-0.4, -0.2) is 41.0 Å². The predicted octanol–water partition coefficient (Wildman–Crippen LogP) is 3.74. The minimum Gasteiger partial charge on any atom is -0.369 e. The number of aromatic nitrogens is 2. The molecule has 0 amide bonds. The normalized spacial score (nSPS) is 13.6. The lowest BCUT2D eigenvalue weighted by Crippen LogP contribution is -2.44. The summed E-state index contributed by atoms with van der Waals surface area (Å²) in [7, 11) is 0. The number of carbonyl (C=O) groups excluding carboxylic acids is 2. The van der Waals surface area contributed by atoms with Gasteiger partial charge in [0.1, 0.15) is 11.5 Å². The fourth-order valence-electron chi connectivity index (χ4n) is 3.82. The Kier molecular flexibility index (Phi) is 11.2. The van der Waals surface area contributed by atoms with Crippen LogP contribution in [0.3, 0.4) is 0 Å². The van der Waals surface area contributed by atoms with Gasteiger partial charge >= 0.3 is 0 Å². The molecule has 1 aliphatic rings. The van der Waals surface area contributed by atoms with E-state index in [-0.39, 0.29) is 42.0 Å². The van der Waals surface area contributed by atoms with Gasteiger partial charge < -0.3 is 20.7 Å². The quantitative estimate of drug-likeness (QED) is 0.307. The number of hydrogen-bond acceptors (Lipinski definition) is 8. The van der Waals surface area contributed by atoms with E-state index in [0.29, 0.717) is 31.5 Å². The Morgan fingerprint density at radius 2 is 1.69 bits per heavy atom. The number of anilines is 3. The van der Waals surface area contributed by atoms with Crippen molar-refractivity contribution in [3.8, 4) is 0 Å². The summed E-state index contributed by atoms with van der Waals surface area (Å²) in [6, 6.07) is 0. The van der Waals surface area contributed by atoms with Gasteiger partial charge in [-0.3, -0.25) is 19.4 Å². The predicted molar refractivity (Wildman–Crippen MR) is 127 cm³/mol. The van der Waals surface area contributed by atoms with E-state index in [2.05, 4.69) is 29.1 Å². The second-order valence-electron chi connectivity index (χ2n) is 8.41. The highest BCUT2D eigenvalue weighted by molar-refractivity contribution is 5.88. The van der Waals surface area contributed by atoms with Gasteiger partial charge in [-0.05, 0) is 19.3 Å². The molecule has 2 rings (SSSR count). The van der Waals surface area contributed by atoms with Gasteiger partial charge in [0, 0.05) is 19.3 Å². The summed E-state index contributed by atoms with van der Waals surface area (Å²) in [5, 5.41) is 2.98. The maximum atomic E-state index is 13.0. The first-order valence-electron chi connectivity index (χ1n) is 12.0. The van der Waals surface area contributed by atoms with E-state index in [0.717, 1.165) is 51.4 Å². The second kappa shape index (κ2) is 13.9. The van der Waals surface area contributed by atoms with Crippen LogP contribution in [0, 0.1) is 0 Å². The molecule has 0 aliphatic carbocycles. The van der Waals surface area contributed by atoms with Crippen LogP contribution in [0.4, 0.5) is 17.5 Å². The molecule has 32 heavy (non-hydrogen) atoms. The van der Waals surface area contributed by atoms with E-state index >= 15 is 0 Å². The van der Waals surface area contributed by atoms with Crippen LogP contribution in [0.1, 0.15) is 90.9 Å². The Labute approximate surface area is 190 Å². The van der Waals surface area contributed by atoms with E-state index in [4.69, 9.17) is 10.5 Å². The number of hydrogen-bond donors (Lipinski definition) is 3. The van der Waals surface area contributed by atoms with Crippen LogP contribution in [0.2, 0.25) is 0 Å². The van der Waals surface area contributed by atoms with Crippen LogP contribution in [0.25, 0.3) is 0 Å². The molecule has 180 valence electrons. The zero-order valence-corrected chi connectivity index (χ0v) is 19.6. The third-order valence-corrected chi connectivity index (χ3v) is 5.64. The number of Topliss-reactive ketones (excluding diaryl/α,β-unsaturated/α-hetero) is 2. The molecular weight excluding hydrogens is 410 g/mol. The Bertz CT molecular complexity index is 795. The number of carbonyl (C=O) groups is 2. The van der Waals surface area contributed by atoms with Gasteiger partial charge in [0.2, 0.25) is 5.95 Å². The lowest BCUT2D eigenvalue weighted by atomic mass is 10.1. The first kappa shape index (κ1) is 25.8. The molecular formula is C23H39N5O4. The van der Waals surface area contributed by atoms with Crippen molar-refractivity contribution in [1.82, 2.24) is 9.97 Å². The Hall–Kier alpha value is -2.42. The topological polar surface area (TPSA) is 130 Å². The van der Waals surface area contributed by atoms with E-state index in [1.165, 1.54) is 0 Å². The van der Waals surface area contributed by atoms with Crippen molar-refractivity contribution in [2.45, 2.75) is 97.1 Å². The number of nitrogens with zero attached hydrogens (tertiary/aromatic N) is 2. The van der Waals surface area contributed by atoms with Gasteiger partial charge in [-0.1, -0.05) is 52.4 Å². The van der Waals surface area contributed by atoms with E-state index in [1.807, 2.05) is 0 Å². The maximum absolute atomic E-state index is 13.0. The van der Waals surface area contributed by atoms with Crippen molar-refractivity contribution in [2.75, 3.05) is 29.2 Å². The van der Waals surface area contributed by atoms with Gasteiger partial charge in [0.05, 0.1) is 13.3 Å². The molecule has 1 unspecified atom stereocenters. The van der Waals surface area contributed by atoms with E-state index in [1.54, 1.807) is 4.90 Å². The van der Waals surface area contributed by atoms with Crippen molar-refractivity contribution in [3.63, 3.8) is 0 Å². The Balaban J connectivity index is 1.95. The highest BCUT2D eigenvalue weighted by Gasteiger charge is 2.34. The van der Waals surface area contributed by atoms with Crippen molar-refractivity contribution in [1.29, 1.82) is 0 Å². The smallest absolute Gasteiger partial charge is 0.277 e. The molecule has 0 radical (unpaired) electrons. The van der Waals surface area contributed by atoms with Gasteiger partial charge in [-0.25, -0.2) is 0 Å². The minimum absolute atomic E-state index is 0.00901. The number of nitrogens with one attached hydrogen (secondary N) is 2. The molecule has 0 fully saturated rings. The molecule has 1 aromatic heterocycles. The van der Waals surface area contributed by atoms with Gasteiger partial charge in [0.15, 0.2) is 17.8 Å². The minimum atomic E-state index is -0.862. The largest absolute Gasteiger partial charge is 0.369 e. The highest BCUT2D eigenvalue weighted by Crippen LogP contribution is 2.29. The molecule has 0 aromatic carbocycles. The van der Waals surface area contributed by atoms with Crippen LogP contribution < -0.4 is 21.5 Å². The van der Waals surface area contributed by atoms with Crippen LogP contribution >= 0.6 is 0 Å². The number of ketones is 2. The number of H-pyrrole nitrogens is 1. The van der Waals surface area contributed by atoms with Crippen molar-refractivity contribution in [3.05, 3.63) is 10.4 Å². The number of nitrogens with two attached hydrogens (primary N) is 1. The number of aromatic amines is 1. The summed E-state index contributed by atoms with van der Waals surface area (Å²) in [6.07, 6.45) is 9.43. The van der Waals surface area contributed by atoms with Crippen molar-refractivity contribution < 1.29 is 14.3 Å². The zero-order valence-electron chi connectivity index (χ0n) is 19.6. The van der Waals surface area contributed by atoms with Crippen LogP contribution in [0.5, 0.6) is 0 Å². The number of rotatable bonds is 17. The SMILES string of the molecule is CCCCCCC(=O)CCCOC(C(=O)CCCCCC)N1CNc2c1nc(N)[nH]c2=O. The Morgan fingerprint density at radius 1 is 1.03 bits per heavy atom. The summed E-state index contributed by atoms with van der Waals surface area (Å²) >= 11 is 0. The number of ether oxygens (including phenoxy) is 1. The first-order valence-corrected chi connectivity index (χ1v) is 12.0. The Morgan fingerprint density at radius 3 is 2.38 bits per heavy atom. The van der Waals surface area contributed by atoms with Crippen molar-refractivity contribution in [2.24, 2.45) is 0 Å². The third-order valence-electron chi connectivity index (χ3n) is 5.64. The maximum Gasteiger partial charge on any atom is 0.277 e. The van der Waals surface area contributed by atoms with Crippen LogP contribution in [0.15, 0.2) is 4.79 Å². The van der Waals surface area contributed by atoms with Gasteiger partial charge in [-0.2, -0.15) is 4.98 Å². The number of fused-ring (bicyclic) bond motifs is 1. The fourth-order valence-corrected chi connectivity index (χ4v) is 3.82. The molecule has 9 heteroatoms. The molecule has 1 aromatic rings. The molecule has 0 spiro atoms. The molecule has 1 atom stereocenters.